The molecule has 0 aliphatic rings. The Hall–Kier alpha value is -1.36. The highest BCUT2D eigenvalue weighted by molar-refractivity contribution is 6.20. The van der Waals surface area contributed by atoms with Gasteiger partial charge in [-0.25, -0.2) is 9.97 Å². The van der Waals surface area contributed by atoms with Crippen molar-refractivity contribution in [3.63, 3.8) is 0 Å². The summed E-state index contributed by atoms with van der Waals surface area (Å²) in [7, 11) is 1.58. The van der Waals surface area contributed by atoms with E-state index in [2.05, 4.69) is 40.3 Å². The molecule has 20 heavy (non-hydrogen) atoms. The van der Waals surface area contributed by atoms with Gasteiger partial charge in [0.1, 0.15) is 12.2 Å². The minimum atomic E-state index is -0.187. The van der Waals surface area contributed by atoms with Crippen molar-refractivity contribution in [2.24, 2.45) is 11.8 Å². The maximum absolute atomic E-state index is 6.27. The van der Waals surface area contributed by atoms with Crippen LogP contribution in [0, 0.1) is 11.8 Å². The molecule has 0 saturated carbocycles. The quantitative estimate of drug-likeness (QED) is 0.793. The zero-order valence-electron chi connectivity index (χ0n) is 12.6. The Morgan fingerprint density at radius 1 is 1.25 bits per heavy atom. The van der Waals surface area contributed by atoms with Crippen molar-refractivity contribution in [1.29, 1.82) is 0 Å². The Kier molecular flexibility index (Phi) is 4.48. The SMILES string of the molecule is COc1ncnc2c1nc(C(C)Cl)n2CC(C)C(C)C. The van der Waals surface area contributed by atoms with Gasteiger partial charge < -0.3 is 9.30 Å². The Balaban J connectivity index is 2.57. The lowest BCUT2D eigenvalue weighted by molar-refractivity contribution is 0.363. The number of methoxy groups -OCH3 is 1. The lowest BCUT2D eigenvalue weighted by Gasteiger charge is -2.18. The van der Waals surface area contributed by atoms with E-state index in [0.717, 1.165) is 18.0 Å². The molecule has 2 aromatic heterocycles. The molecule has 2 heterocycles. The van der Waals surface area contributed by atoms with Crippen molar-refractivity contribution in [2.45, 2.75) is 39.6 Å². The molecule has 110 valence electrons. The molecule has 2 aromatic rings. The summed E-state index contributed by atoms with van der Waals surface area (Å²) in [5, 5.41) is -0.187. The largest absolute Gasteiger partial charge is 0.479 e. The minimum absolute atomic E-state index is 0.187. The average molecular weight is 297 g/mol. The van der Waals surface area contributed by atoms with Crippen molar-refractivity contribution in [2.75, 3.05) is 7.11 Å². The molecule has 0 radical (unpaired) electrons. The van der Waals surface area contributed by atoms with Gasteiger partial charge in [-0.1, -0.05) is 20.8 Å². The normalized spacial score (nSPS) is 14.8. The first-order valence-electron chi connectivity index (χ1n) is 6.84. The fourth-order valence-electron chi connectivity index (χ4n) is 2.06. The predicted molar refractivity (Wildman–Crippen MR) is 80.1 cm³/mol. The number of imidazole rings is 1. The molecule has 0 N–H and O–H groups in total. The standard InChI is InChI=1S/C14H21ClN4O/c1-8(2)9(3)6-19-12(10(4)15)18-11-13(19)16-7-17-14(11)20-5/h7-10H,6H2,1-5H3. The van der Waals surface area contributed by atoms with Crippen molar-refractivity contribution in [3.05, 3.63) is 12.2 Å². The molecule has 0 amide bonds. The molecule has 2 atom stereocenters. The van der Waals surface area contributed by atoms with E-state index in [4.69, 9.17) is 16.3 Å². The van der Waals surface area contributed by atoms with Gasteiger partial charge in [0.2, 0.25) is 5.88 Å². The fraction of sp³-hybridized carbons (Fsp3) is 0.643. The van der Waals surface area contributed by atoms with Gasteiger partial charge in [0.05, 0.1) is 12.5 Å². The second-order valence-corrected chi connectivity index (χ2v) is 6.13. The molecular formula is C14H21ClN4O. The van der Waals surface area contributed by atoms with Gasteiger partial charge in [0.15, 0.2) is 11.2 Å². The van der Waals surface area contributed by atoms with Crippen LogP contribution in [0.25, 0.3) is 11.2 Å². The second-order valence-electron chi connectivity index (χ2n) is 5.47. The Morgan fingerprint density at radius 3 is 2.50 bits per heavy atom. The molecule has 0 bridgehead atoms. The van der Waals surface area contributed by atoms with Crippen LogP contribution in [0.1, 0.15) is 38.9 Å². The molecule has 0 fully saturated rings. The topological polar surface area (TPSA) is 52.8 Å². The van der Waals surface area contributed by atoms with Gasteiger partial charge in [-0.2, -0.15) is 4.98 Å². The molecule has 0 aliphatic heterocycles. The van der Waals surface area contributed by atoms with Gasteiger partial charge >= 0.3 is 0 Å². The summed E-state index contributed by atoms with van der Waals surface area (Å²) in [6, 6.07) is 0. The molecule has 0 spiro atoms. The maximum Gasteiger partial charge on any atom is 0.245 e. The van der Waals surface area contributed by atoms with E-state index in [9.17, 15) is 0 Å². The fourth-order valence-corrected chi connectivity index (χ4v) is 2.23. The number of nitrogens with zero attached hydrogens (tertiary/aromatic N) is 4. The Bertz CT molecular complexity index is 594. The van der Waals surface area contributed by atoms with E-state index in [0.29, 0.717) is 23.2 Å². The Morgan fingerprint density at radius 2 is 1.95 bits per heavy atom. The van der Waals surface area contributed by atoms with Crippen LogP contribution in [0.3, 0.4) is 0 Å². The van der Waals surface area contributed by atoms with Gasteiger partial charge in [-0.05, 0) is 18.8 Å². The van der Waals surface area contributed by atoms with Gasteiger partial charge in [-0.15, -0.1) is 11.6 Å². The van der Waals surface area contributed by atoms with Gasteiger partial charge in [-0.3, -0.25) is 0 Å². The lowest BCUT2D eigenvalue weighted by Crippen LogP contribution is -2.15. The van der Waals surface area contributed by atoms with E-state index < -0.39 is 0 Å². The van der Waals surface area contributed by atoms with E-state index in [1.165, 1.54) is 6.33 Å². The zero-order valence-corrected chi connectivity index (χ0v) is 13.3. The van der Waals surface area contributed by atoms with Gasteiger partial charge in [0.25, 0.3) is 0 Å². The highest BCUT2D eigenvalue weighted by Crippen LogP contribution is 2.28. The number of ether oxygens (including phenoxy) is 1. The molecule has 2 unspecified atom stereocenters. The first-order valence-corrected chi connectivity index (χ1v) is 7.28. The summed E-state index contributed by atoms with van der Waals surface area (Å²) >= 11 is 6.27. The van der Waals surface area contributed by atoms with E-state index in [1.807, 2.05) is 6.92 Å². The maximum atomic E-state index is 6.27. The number of hydrogen-bond acceptors (Lipinski definition) is 4. The summed E-state index contributed by atoms with van der Waals surface area (Å²) < 4.78 is 7.34. The highest BCUT2D eigenvalue weighted by atomic mass is 35.5. The lowest BCUT2D eigenvalue weighted by atomic mass is 9.98. The van der Waals surface area contributed by atoms with Crippen LogP contribution in [0.2, 0.25) is 0 Å². The monoisotopic (exact) mass is 296 g/mol. The molecule has 0 saturated heterocycles. The zero-order chi connectivity index (χ0) is 14.9. The molecule has 6 heteroatoms. The third-order valence-corrected chi connectivity index (χ3v) is 3.88. The van der Waals surface area contributed by atoms with E-state index in [1.54, 1.807) is 7.11 Å². The van der Waals surface area contributed by atoms with Crippen LogP contribution in [0.4, 0.5) is 0 Å². The molecule has 5 nitrogen and oxygen atoms in total. The van der Waals surface area contributed by atoms with Crippen LogP contribution < -0.4 is 4.74 Å². The third kappa shape index (κ3) is 2.73. The second kappa shape index (κ2) is 5.95. The van der Waals surface area contributed by atoms with Crippen LogP contribution in [-0.2, 0) is 6.54 Å². The van der Waals surface area contributed by atoms with Gasteiger partial charge in [0, 0.05) is 6.54 Å². The number of hydrogen-bond donors (Lipinski definition) is 0. The summed E-state index contributed by atoms with van der Waals surface area (Å²) in [6.45, 7) is 9.39. The van der Waals surface area contributed by atoms with Crippen molar-refractivity contribution < 1.29 is 4.74 Å². The van der Waals surface area contributed by atoms with Crippen LogP contribution in [0.5, 0.6) is 5.88 Å². The number of aromatic nitrogens is 4. The molecule has 0 aromatic carbocycles. The molecule has 2 rings (SSSR count). The predicted octanol–water partition coefficient (Wildman–Crippen LogP) is 3.43. The summed E-state index contributed by atoms with van der Waals surface area (Å²) in [5.41, 5.74) is 1.46. The first kappa shape index (κ1) is 15.0. The minimum Gasteiger partial charge on any atom is -0.479 e. The first-order chi connectivity index (χ1) is 9.45. The summed E-state index contributed by atoms with van der Waals surface area (Å²) in [4.78, 5) is 13.0. The van der Waals surface area contributed by atoms with Crippen LogP contribution in [-0.4, -0.2) is 26.6 Å². The third-order valence-electron chi connectivity index (χ3n) is 3.69. The number of fused-ring (bicyclic) bond motifs is 1. The highest BCUT2D eigenvalue weighted by Gasteiger charge is 2.21. The Labute approximate surface area is 124 Å². The number of halogens is 1. The van der Waals surface area contributed by atoms with E-state index >= 15 is 0 Å². The van der Waals surface area contributed by atoms with Crippen LogP contribution >= 0.6 is 11.6 Å². The summed E-state index contributed by atoms with van der Waals surface area (Å²) in [5.74, 6) is 2.38. The number of rotatable bonds is 5. The summed E-state index contributed by atoms with van der Waals surface area (Å²) in [6.07, 6.45) is 1.50. The van der Waals surface area contributed by atoms with Crippen molar-refractivity contribution in [3.8, 4) is 5.88 Å². The van der Waals surface area contributed by atoms with Crippen molar-refractivity contribution >= 4 is 22.8 Å². The average Bonchev–Trinajstić information content (AvgIpc) is 2.77. The molecule has 0 aliphatic carbocycles. The number of alkyl halides is 1. The smallest absolute Gasteiger partial charge is 0.245 e. The van der Waals surface area contributed by atoms with E-state index in [-0.39, 0.29) is 5.38 Å². The van der Waals surface area contributed by atoms with Crippen LogP contribution in [0.15, 0.2) is 6.33 Å². The molecular weight excluding hydrogens is 276 g/mol. The van der Waals surface area contributed by atoms with Crippen molar-refractivity contribution in [1.82, 2.24) is 19.5 Å².